The van der Waals surface area contributed by atoms with Gasteiger partial charge in [0.15, 0.2) is 0 Å². The van der Waals surface area contributed by atoms with E-state index in [0.29, 0.717) is 29.4 Å². The number of carbonyl (C=O) groups excluding carboxylic acids is 2. The number of unbranched alkanes of at least 4 members (excludes halogenated alkanes) is 1. The first-order chi connectivity index (χ1) is 14.2. The van der Waals surface area contributed by atoms with Crippen molar-refractivity contribution in [2.75, 3.05) is 22.1 Å². The summed E-state index contributed by atoms with van der Waals surface area (Å²) in [7, 11) is -3.87. The van der Waals surface area contributed by atoms with Gasteiger partial charge in [-0.3, -0.25) is 9.59 Å². The van der Waals surface area contributed by atoms with Crippen molar-refractivity contribution in [1.29, 1.82) is 0 Å². The van der Waals surface area contributed by atoms with Crippen molar-refractivity contribution in [2.45, 2.75) is 38.5 Å². The van der Waals surface area contributed by atoms with Gasteiger partial charge < -0.3 is 15.5 Å². The van der Waals surface area contributed by atoms with Gasteiger partial charge in [0, 0.05) is 30.4 Å². The molecule has 3 rings (SSSR count). The van der Waals surface area contributed by atoms with Crippen LogP contribution in [0.1, 0.15) is 44.0 Å². The number of amides is 2. The minimum Gasteiger partial charge on any atom is -0.328 e. The number of nitrogens with zero attached hydrogens (tertiary/aromatic N) is 2. The highest BCUT2D eigenvalue weighted by atomic mass is 32.2. The normalized spacial score (nSPS) is 14.5. The van der Waals surface area contributed by atoms with Crippen LogP contribution in [0.2, 0.25) is 0 Å². The van der Waals surface area contributed by atoms with Crippen molar-refractivity contribution < 1.29 is 18.0 Å². The Kier molecular flexibility index (Phi) is 6.21. The average molecular weight is 429 g/mol. The fraction of sp³-hybridized carbons (Fsp3) is 0.286. The minimum absolute atomic E-state index is 0.0258. The second-order valence-corrected chi connectivity index (χ2v) is 8.59. The zero-order chi connectivity index (χ0) is 21.9. The van der Waals surface area contributed by atoms with Crippen molar-refractivity contribution in [1.82, 2.24) is 0 Å². The van der Waals surface area contributed by atoms with Gasteiger partial charge in [-0.2, -0.15) is 8.42 Å². The lowest BCUT2D eigenvalue weighted by atomic mass is 10.1. The first-order valence-corrected chi connectivity index (χ1v) is 11.1. The van der Waals surface area contributed by atoms with Gasteiger partial charge in [-0.25, -0.2) is 0 Å². The van der Waals surface area contributed by atoms with Crippen LogP contribution in [-0.2, 0) is 14.8 Å². The van der Waals surface area contributed by atoms with Crippen LogP contribution in [0.3, 0.4) is 0 Å². The van der Waals surface area contributed by atoms with Crippen LogP contribution in [0.4, 0.5) is 17.1 Å². The molecule has 0 aromatic heterocycles. The number of hydrogen-bond donors (Lipinski definition) is 2. The fourth-order valence-electron chi connectivity index (χ4n) is 3.17. The SMILES string of the molecule is CCCCN1C(C)=NS(=O)(=O)c2cc(C(=O)Nc3ccc(NC(C)=O)cc3)ccc21. The molecule has 1 heterocycles. The van der Waals surface area contributed by atoms with Gasteiger partial charge in [-0.1, -0.05) is 13.3 Å². The van der Waals surface area contributed by atoms with E-state index >= 15 is 0 Å². The average Bonchev–Trinajstić information content (AvgIpc) is 2.68. The summed E-state index contributed by atoms with van der Waals surface area (Å²) in [6, 6.07) is 11.2. The molecular formula is C21H24N4O4S. The van der Waals surface area contributed by atoms with Gasteiger partial charge in [-0.05, 0) is 55.8 Å². The van der Waals surface area contributed by atoms with Crippen LogP contribution in [-0.4, -0.2) is 32.6 Å². The molecule has 2 amide bonds. The molecule has 2 N–H and O–H groups in total. The molecule has 2 aromatic carbocycles. The molecule has 0 radical (unpaired) electrons. The van der Waals surface area contributed by atoms with Gasteiger partial charge in [0.1, 0.15) is 10.7 Å². The lowest BCUT2D eigenvalue weighted by Crippen LogP contribution is -2.34. The Bertz CT molecular complexity index is 1110. The van der Waals surface area contributed by atoms with E-state index in [1.807, 2.05) is 4.90 Å². The lowest BCUT2D eigenvalue weighted by Gasteiger charge is -2.29. The van der Waals surface area contributed by atoms with Gasteiger partial charge in [0.05, 0.1) is 5.69 Å². The topological polar surface area (TPSA) is 108 Å². The predicted octanol–water partition coefficient (Wildman–Crippen LogP) is 3.62. The van der Waals surface area contributed by atoms with Crippen molar-refractivity contribution in [3.8, 4) is 0 Å². The lowest BCUT2D eigenvalue weighted by molar-refractivity contribution is -0.114. The number of amidine groups is 1. The smallest absolute Gasteiger partial charge is 0.286 e. The summed E-state index contributed by atoms with van der Waals surface area (Å²) in [5.74, 6) is -0.202. The third-order valence-corrected chi connectivity index (χ3v) is 6.02. The molecule has 9 heteroatoms. The summed E-state index contributed by atoms with van der Waals surface area (Å²) < 4.78 is 29.0. The van der Waals surface area contributed by atoms with Crippen molar-refractivity contribution >= 4 is 44.7 Å². The molecule has 0 unspecified atom stereocenters. The third-order valence-electron chi connectivity index (χ3n) is 4.63. The zero-order valence-electron chi connectivity index (χ0n) is 17.1. The molecular weight excluding hydrogens is 404 g/mol. The second-order valence-electron chi connectivity index (χ2n) is 7.01. The van der Waals surface area contributed by atoms with Crippen LogP contribution in [0, 0.1) is 0 Å². The number of benzene rings is 2. The maximum atomic E-state index is 12.7. The van der Waals surface area contributed by atoms with E-state index in [9.17, 15) is 18.0 Å². The van der Waals surface area contributed by atoms with Gasteiger partial charge in [0.2, 0.25) is 5.91 Å². The van der Waals surface area contributed by atoms with Crippen LogP contribution < -0.4 is 15.5 Å². The standard InChI is InChI=1S/C21H24N4O4S/c1-4-5-12-25-14(2)24-30(28,29)20-13-16(6-11-19(20)25)21(27)23-18-9-7-17(8-10-18)22-15(3)26/h6-11,13H,4-5,12H2,1-3H3,(H,22,26)(H,23,27). The number of fused-ring (bicyclic) bond motifs is 1. The van der Waals surface area contributed by atoms with E-state index < -0.39 is 15.9 Å². The fourth-order valence-corrected chi connectivity index (χ4v) is 4.44. The summed E-state index contributed by atoms with van der Waals surface area (Å²) in [5.41, 5.74) is 1.88. The van der Waals surface area contributed by atoms with Gasteiger partial charge >= 0.3 is 0 Å². The Labute approximate surface area is 176 Å². The van der Waals surface area contributed by atoms with Crippen molar-refractivity contribution in [2.24, 2.45) is 4.40 Å². The number of carbonyl (C=O) groups is 2. The summed E-state index contributed by atoms with van der Waals surface area (Å²) >= 11 is 0. The summed E-state index contributed by atoms with van der Waals surface area (Å²) in [6.45, 7) is 5.79. The van der Waals surface area contributed by atoms with E-state index in [4.69, 9.17) is 0 Å². The van der Waals surface area contributed by atoms with E-state index in [1.54, 1.807) is 43.3 Å². The molecule has 1 aliphatic heterocycles. The largest absolute Gasteiger partial charge is 0.328 e. The summed E-state index contributed by atoms with van der Waals surface area (Å²) in [6.07, 6.45) is 1.86. The van der Waals surface area contributed by atoms with E-state index in [-0.39, 0.29) is 16.4 Å². The van der Waals surface area contributed by atoms with E-state index in [0.717, 1.165) is 12.8 Å². The molecule has 158 valence electrons. The van der Waals surface area contributed by atoms with Crippen molar-refractivity contribution in [3.05, 3.63) is 48.0 Å². The number of rotatable bonds is 6. The zero-order valence-corrected chi connectivity index (χ0v) is 17.9. The van der Waals surface area contributed by atoms with Crippen LogP contribution in [0.5, 0.6) is 0 Å². The molecule has 0 fully saturated rings. The second kappa shape index (κ2) is 8.66. The van der Waals surface area contributed by atoms with E-state index in [2.05, 4.69) is 22.0 Å². The third kappa shape index (κ3) is 4.68. The van der Waals surface area contributed by atoms with Crippen molar-refractivity contribution in [3.63, 3.8) is 0 Å². The summed E-state index contributed by atoms with van der Waals surface area (Å²) in [5, 5.41) is 5.38. The van der Waals surface area contributed by atoms with Crippen LogP contribution >= 0.6 is 0 Å². The summed E-state index contributed by atoms with van der Waals surface area (Å²) in [4.78, 5) is 25.6. The molecule has 30 heavy (non-hydrogen) atoms. The number of hydrogen-bond acceptors (Lipinski definition) is 5. The number of sulfonamides is 1. The maximum absolute atomic E-state index is 12.7. The van der Waals surface area contributed by atoms with Crippen LogP contribution in [0.25, 0.3) is 0 Å². The molecule has 8 nitrogen and oxygen atoms in total. The van der Waals surface area contributed by atoms with Crippen LogP contribution in [0.15, 0.2) is 51.8 Å². The maximum Gasteiger partial charge on any atom is 0.286 e. The Morgan fingerprint density at radius 3 is 2.27 bits per heavy atom. The molecule has 2 aromatic rings. The van der Waals surface area contributed by atoms with Gasteiger partial charge in [0.25, 0.3) is 15.9 Å². The molecule has 0 atom stereocenters. The Morgan fingerprint density at radius 2 is 1.67 bits per heavy atom. The predicted molar refractivity (Wildman–Crippen MR) is 118 cm³/mol. The van der Waals surface area contributed by atoms with E-state index in [1.165, 1.54) is 13.0 Å². The molecule has 0 spiro atoms. The highest BCUT2D eigenvalue weighted by molar-refractivity contribution is 7.90. The first kappa shape index (κ1) is 21.5. The Hall–Kier alpha value is -3.20. The molecule has 0 saturated heterocycles. The van der Waals surface area contributed by atoms with Gasteiger partial charge in [-0.15, -0.1) is 4.40 Å². The minimum atomic E-state index is -3.87. The Morgan fingerprint density at radius 1 is 1.03 bits per heavy atom. The monoisotopic (exact) mass is 428 g/mol. The quantitative estimate of drug-likeness (QED) is 0.731. The highest BCUT2D eigenvalue weighted by Gasteiger charge is 2.29. The molecule has 0 saturated carbocycles. The number of anilines is 3. The Balaban J connectivity index is 1.85. The molecule has 1 aliphatic rings. The number of nitrogens with one attached hydrogen (secondary N) is 2. The molecule has 0 aliphatic carbocycles. The highest BCUT2D eigenvalue weighted by Crippen LogP contribution is 2.33. The molecule has 0 bridgehead atoms. The first-order valence-electron chi connectivity index (χ1n) is 9.63.